The van der Waals surface area contributed by atoms with Gasteiger partial charge in [0.15, 0.2) is 0 Å². The van der Waals surface area contributed by atoms with Crippen LogP contribution in [0, 0.1) is 5.92 Å². The van der Waals surface area contributed by atoms with E-state index in [1.165, 1.54) is 0 Å². The molecule has 2 fully saturated rings. The molecule has 18 heavy (non-hydrogen) atoms. The number of hydrogen-bond donors (Lipinski definition) is 0. The summed E-state index contributed by atoms with van der Waals surface area (Å²) in [6.45, 7) is 0.832. The van der Waals surface area contributed by atoms with Crippen molar-refractivity contribution in [1.82, 2.24) is 4.90 Å². The first-order valence-electron chi connectivity index (χ1n) is 6.24. The predicted molar refractivity (Wildman–Crippen MR) is 64.9 cm³/mol. The van der Waals surface area contributed by atoms with Crippen molar-refractivity contribution in [2.24, 2.45) is 5.92 Å². The van der Waals surface area contributed by atoms with Crippen LogP contribution in [0.15, 0.2) is 30.3 Å². The number of carbonyl (C=O) groups is 2. The zero-order valence-corrected chi connectivity index (χ0v) is 10.0. The van der Waals surface area contributed by atoms with E-state index in [1.807, 2.05) is 30.3 Å². The Kier molecular flexibility index (Phi) is 2.78. The number of rotatable bonds is 2. The van der Waals surface area contributed by atoms with Gasteiger partial charge in [0, 0.05) is 24.9 Å². The number of hydrogen-bond acceptors (Lipinski definition) is 3. The molecule has 0 unspecified atom stereocenters. The number of piperidine rings is 1. The van der Waals surface area contributed by atoms with Crippen LogP contribution in [0.3, 0.4) is 0 Å². The normalized spacial score (nSPS) is 25.6. The van der Waals surface area contributed by atoms with Gasteiger partial charge in [-0.3, -0.25) is 4.79 Å². The first kappa shape index (κ1) is 11.3. The molecule has 2 aliphatic rings. The van der Waals surface area contributed by atoms with Gasteiger partial charge in [-0.15, -0.1) is 0 Å². The van der Waals surface area contributed by atoms with E-state index in [-0.39, 0.29) is 18.1 Å². The van der Waals surface area contributed by atoms with Crippen molar-refractivity contribution in [2.75, 3.05) is 6.54 Å². The van der Waals surface area contributed by atoms with Crippen molar-refractivity contribution in [2.45, 2.75) is 25.5 Å². The molecule has 0 spiro atoms. The Bertz CT molecular complexity index is 471. The second kappa shape index (κ2) is 4.44. The van der Waals surface area contributed by atoms with Gasteiger partial charge in [-0.1, -0.05) is 30.3 Å². The van der Waals surface area contributed by atoms with E-state index >= 15 is 0 Å². The highest BCUT2D eigenvalue weighted by Crippen LogP contribution is 2.35. The quantitative estimate of drug-likeness (QED) is 0.800. The van der Waals surface area contributed by atoms with E-state index in [0.717, 1.165) is 12.0 Å². The standard InChI is InChI=1S/C14H15NO3/c16-13-7-12-6-11(13)8-15(12)14(17)18-9-10-4-2-1-3-5-10/h1-5,11-12H,6-9H2/t11-,12-/m1/s1. The van der Waals surface area contributed by atoms with Crippen LogP contribution in [0.1, 0.15) is 18.4 Å². The molecule has 3 rings (SSSR count). The van der Waals surface area contributed by atoms with Crippen LogP contribution in [-0.2, 0) is 16.1 Å². The van der Waals surface area contributed by atoms with Gasteiger partial charge in [0.05, 0.1) is 0 Å². The fourth-order valence-electron chi connectivity index (χ4n) is 2.77. The van der Waals surface area contributed by atoms with E-state index in [9.17, 15) is 9.59 Å². The Hall–Kier alpha value is -1.84. The fraction of sp³-hybridized carbons (Fsp3) is 0.429. The third-order valence-electron chi connectivity index (χ3n) is 3.75. The molecule has 0 radical (unpaired) electrons. The topological polar surface area (TPSA) is 46.6 Å². The molecule has 2 bridgehead atoms. The van der Waals surface area contributed by atoms with Crippen LogP contribution in [-0.4, -0.2) is 29.4 Å². The van der Waals surface area contributed by atoms with E-state index in [0.29, 0.717) is 25.4 Å². The zero-order chi connectivity index (χ0) is 12.5. The van der Waals surface area contributed by atoms with Crippen molar-refractivity contribution in [3.8, 4) is 0 Å². The molecule has 1 aliphatic heterocycles. The summed E-state index contributed by atoms with van der Waals surface area (Å²) in [5.41, 5.74) is 0.978. The van der Waals surface area contributed by atoms with Gasteiger partial charge < -0.3 is 9.64 Å². The third kappa shape index (κ3) is 1.98. The smallest absolute Gasteiger partial charge is 0.410 e. The highest BCUT2D eigenvalue weighted by atomic mass is 16.6. The molecule has 0 N–H and O–H groups in total. The van der Waals surface area contributed by atoms with Crippen LogP contribution < -0.4 is 0 Å². The van der Waals surface area contributed by atoms with Gasteiger partial charge in [0.25, 0.3) is 0 Å². The number of likely N-dealkylation sites (tertiary alicyclic amines) is 1. The minimum atomic E-state index is -0.293. The van der Waals surface area contributed by atoms with Gasteiger partial charge in [0.2, 0.25) is 0 Å². The van der Waals surface area contributed by atoms with E-state index in [2.05, 4.69) is 0 Å². The molecule has 1 aromatic rings. The molecule has 1 aliphatic carbocycles. The Morgan fingerprint density at radius 3 is 2.72 bits per heavy atom. The largest absolute Gasteiger partial charge is 0.445 e. The molecule has 1 heterocycles. The number of carbonyl (C=O) groups excluding carboxylic acids is 2. The van der Waals surface area contributed by atoms with Crippen LogP contribution in [0.2, 0.25) is 0 Å². The Morgan fingerprint density at radius 2 is 2.11 bits per heavy atom. The lowest BCUT2D eigenvalue weighted by molar-refractivity contribution is -0.122. The van der Waals surface area contributed by atoms with Crippen molar-refractivity contribution in [3.05, 3.63) is 35.9 Å². The number of benzene rings is 1. The first-order valence-corrected chi connectivity index (χ1v) is 6.24. The number of Topliss-reactive ketones (excluding diaryl/α,β-unsaturated/α-hetero) is 1. The van der Waals surface area contributed by atoms with Gasteiger partial charge >= 0.3 is 6.09 Å². The molecule has 94 valence electrons. The summed E-state index contributed by atoms with van der Waals surface area (Å²) in [7, 11) is 0. The molecular formula is C14H15NO3. The number of nitrogens with zero attached hydrogens (tertiary/aromatic N) is 1. The third-order valence-corrected chi connectivity index (χ3v) is 3.75. The van der Waals surface area contributed by atoms with Crippen molar-refractivity contribution >= 4 is 11.9 Å². The summed E-state index contributed by atoms with van der Waals surface area (Å²) in [4.78, 5) is 25.0. The maximum Gasteiger partial charge on any atom is 0.410 e. The maximum absolute atomic E-state index is 11.9. The van der Waals surface area contributed by atoms with Crippen LogP contribution in [0.25, 0.3) is 0 Å². The minimum Gasteiger partial charge on any atom is -0.445 e. The van der Waals surface area contributed by atoms with E-state index < -0.39 is 0 Å². The molecule has 4 nitrogen and oxygen atoms in total. The number of amides is 1. The van der Waals surface area contributed by atoms with Gasteiger partial charge in [-0.25, -0.2) is 4.79 Å². The molecule has 1 saturated heterocycles. The van der Waals surface area contributed by atoms with Gasteiger partial charge in [0.1, 0.15) is 12.4 Å². The number of fused-ring (bicyclic) bond motifs is 2. The molecular weight excluding hydrogens is 230 g/mol. The van der Waals surface area contributed by atoms with E-state index in [4.69, 9.17) is 4.74 Å². The van der Waals surface area contributed by atoms with Gasteiger partial charge in [-0.2, -0.15) is 0 Å². The highest BCUT2D eigenvalue weighted by molar-refractivity contribution is 5.87. The van der Waals surface area contributed by atoms with Crippen LogP contribution in [0.5, 0.6) is 0 Å². The first-order chi connectivity index (χ1) is 8.74. The van der Waals surface area contributed by atoms with Gasteiger partial charge in [-0.05, 0) is 12.0 Å². The lowest BCUT2D eigenvalue weighted by Gasteiger charge is -2.25. The summed E-state index contributed by atoms with van der Waals surface area (Å²) in [6.07, 6.45) is 1.03. The summed E-state index contributed by atoms with van der Waals surface area (Å²) in [6, 6.07) is 9.68. The fourth-order valence-corrected chi connectivity index (χ4v) is 2.77. The lowest BCUT2D eigenvalue weighted by Crippen LogP contribution is -2.40. The lowest BCUT2D eigenvalue weighted by atomic mass is 10.1. The molecule has 0 aromatic heterocycles. The zero-order valence-electron chi connectivity index (χ0n) is 10.0. The van der Waals surface area contributed by atoms with E-state index in [1.54, 1.807) is 4.90 Å². The molecule has 1 amide bonds. The van der Waals surface area contributed by atoms with Crippen LogP contribution >= 0.6 is 0 Å². The SMILES string of the molecule is O=C1C[C@H]2C[C@@H]1CN2C(=O)OCc1ccccc1. The Balaban J connectivity index is 1.56. The summed E-state index contributed by atoms with van der Waals surface area (Å²) in [5, 5.41) is 0. The van der Waals surface area contributed by atoms with Crippen molar-refractivity contribution < 1.29 is 14.3 Å². The molecule has 1 aromatic carbocycles. The summed E-state index contributed by atoms with van der Waals surface area (Å²) < 4.78 is 5.28. The predicted octanol–water partition coefficient (Wildman–Crippen LogP) is 1.99. The molecule has 4 heteroatoms. The monoisotopic (exact) mass is 245 g/mol. The Morgan fingerprint density at radius 1 is 1.33 bits per heavy atom. The second-order valence-corrected chi connectivity index (χ2v) is 4.95. The number of ketones is 1. The molecule has 1 saturated carbocycles. The van der Waals surface area contributed by atoms with Crippen LogP contribution in [0.4, 0.5) is 4.79 Å². The highest BCUT2D eigenvalue weighted by Gasteiger charge is 2.46. The summed E-state index contributed by atoms with van der Waals surface area (Å²) >= 11 is 0. The van der Waals surface area contributed by atoms with Crippen molar-refractivity contribution in [1.29, 1.82) is 0 Å². The average Bonchev–Trinajstić information content (AvgIpc) is 2.96. The minimum absolute atomic E-state index is 0.0549. The average molecular weight is 245 g/mol. The second-order valence-electron chi connectivity index (χ2n) is 4.95. The Labute approximate surface area is 106 Å². The molecule has 2 atom stereocenters. The van der Waals surface area contributed by atoms with Crippen molar-refractivity contribution in [3.63, 3.8) is 0 Å². The number of ether oxygens (including phenoxy) is 1. The maximum atomic E-state index is 11.9. The summed E-state index contributed by atoms with van der Waals surface area (Å²) in [5.74, 6) is 0.353.